The zero-order valence-electron chi connectivity index (χ0n) is 12.5. The van der Waals surface area contributed by atoms with E-state index in [9.17, 15) is 13.5 Å². The summed E-state index contributed by atoms with van der Waals surface area (Å²) < 4.78 is 27.9. The van der Waals surface area contributed by atoms with Gasteiger partial charge in [0.1, 0.15) is 0 Å². The van der Waals surface area contributed by atoms with E-state index >= 15 is 0 Å². The van der Waals surface area contributed by atoms with Crippen LogP contribution in [-0.4, -0.2) is 70.8 Å². The van der Waals surface area contributed by atoms with Crippen molar-refractivity contribution < 1.29 is 13.5 Å². The molecule has 21 heavy (non-hydrogen) atoms. The van der Waals surface area contributed by atoms with E-state index in [2.05, 4.69) is 10.00 Å². The second-order valence-corrected chi connectivity index (χ2v) is 8.17. The Balaban J connectivity index is 2.08. The predicted molar refractivity (Wildman–Crippen MR) is 79.7 cm³/mol. The van der Waals surface area contributed by atoms with Gasteiger partial charge in [-0.3, -0.25) is 9.58 Å². The van der Waals surface area contributed by atoms with Gasteiger partial charge in [-0.05, 0) is 13.8 Å². The maximum absolute atomic E-state index is 12.6. The van der Waals surface area contributed by atoms with Crippen molar-refractivity contribution in [2.24, 2.45) is 7.05 Å². The third-order valence-electron chi connectivity index (χ3n) is 3.37. The van der Waals surface area contributed by atoms with E-state index < -0.39 is 15.6 Å². The van der Waals surface area contributed by atoms with Crippen molar-refractivity contribution in [1.82, 2.24) is 19.0 Å². The lowest BCUT2D eigenvalue weighted by atomic mass is 10.1. The molecule has 1 aromatic heterocycles. The Kier molecular flexibility index (Phi) is 4.65. The van der Waals surface area contributed by atoms with E-state index in [1.807, 2.05) is 0 Å². The first kappa shape index (κ1) is 16.7. The van der Waals surface area contributed by atoms with E-state index in [1.54, 1.807) is 20.9 Å². The molecule has 0 saturated carbocycles. The number of halogens is 1. The van der Waals surface area contributed by atoms with Gasteiger partial charge in [-0.25, -0.2) is 8.42 Å². The van der Waals surface area contributed by atoms with Gasteiger partial charge in [-0.15, -0.1) is 0 Å². The summed E-state index contributed by atoms with van der Waals surface area (Å²) in [6.07, 6.45) is 1.33. The molecule has 0 amide bonds. The molecule has 9 heteroatoms. The Labute approximate surface area is 130 Å². The molecule has 0 atom stereocenters. The first-order valence-electron chi connectivity index (χ1n) is 6.74. The summed E-state index contributed by atoms with van der Waals surface area (Å²) >= 11 is 5.93. The van der Waals surface area contributed by atoms with Crippen LogP contribution in [0.15, 0.2) is 11.2 Å². The molecule has 0 spiro atoms. The van der Waals surface area contributed by atoms with Crippen LogP contribution < -0.4 is 0 Å². The van der Waals surface area contributed by atoms with E-state index in [-0.39, 0.29) is 10.0 Å². The van der Waals surface area contributed by atoms with Crippen molar-refractivity contribution in [2.45, 2.75) is 24.5 Å². The number of hydrogen-bond donors (Lipinski definition) is 1. The first-order chi connectivity index (χ1) is 9.61. The zero-order valence-corrected chi connectivity index (χ0v) is 14.0. The molecule has 2 heterocycles. The molecule has 0 aliphatic carbocycles. The number of hydrogen-bond acceptors (Lipinski definition) is 5. The van der Waals surface area contributed by atoms with E-state index in [4.69, 9.17) is 11.6 Å². The number of piperazine rings is 1. The van der Waals surface area contributed by atoms with Gasteiger partial charge in [0.05, 0.1) is 16.8 Å². The van der Waals surface area contributed by atoms with Crippen molar-refractivity contribution in [3.8, 4) is 0 Å². The van der Waals surface area contributed by atoms with Gasteiger partial charge in [0.15, 0.2) is 5.03 Å². The molecule has 1 aliphatic rings. The number of nitrogens with zero attached hydrogens (tertiary/aromatic N) is 4. The SMILES string of the molecule is Cn1ncc(Cl)c1S(=O)(=O)N1CCN(CC(C)(C)O)CC1. The van der Waals surface area contributed by atoms with Crippen molar-refractivity contribution in [1.29, 1.82) is 0 Å². The highest BCUT2D eigenvalue weighted by Crippen LogP contribution is 2.24. The number of aromatic nitrogens is 2. The number of β-amino-alcohol motifs (C(OH)–C–C–N with tert-alkyl or cyclic N) is 1. The zero-order chi connectivity index (χ0) is 15.8. The minimum Gasteiger partial charge on any atom is -0.389 e. The van der Waals surface area contributed by atoms with Crippen LogP contribution in [0.4, 0.5) is 0 Å². The molecule has 1 aliphatic heterocycles. The molecule has 1 fully saturated rings. The third kappa shape index (κ3) is 3.75. The van der Waals surface area contributed by atoms with Gasteiger partial charge >= 0.3 is 0 Å². The lowest BCUT2D eigenvalue weighted by Crippen LogP contribution is -2.52. The Morgan fingerprint density at radius 1 is 1.33 bits per heavy atom. The van der Waals surface area contributed by atoms with Gasteiger partial charge in [0.25, 0.3) is 10.0 Å². The highest BCUT2D eigenvalue weighted by molar-refractivity contribution is 7.89. The van der Waals surface area contributed by atoms with Crippen LogP contribution in [0.2, 0.25) is 5.02 Å². The fourth-order valence-electron chi connectivity index (χ4n) is 2.49. The second kappa shape index (κ2) is 5.85. The van der Waals surface area contributed by atoms with E-state index in [1.165, 1.54) is 15.2 Å². The summed E-state index contributed by atoms with van der Waals surface area (Å²) in [6, 6.07) is 0. The topological polar surface area (TPSA) is 78.7 Å². The van der Waals surface area contributed by atoms with E-state index in [0.717, 1.165) is 0 Å². The summed E-state index contributed by atoms with van der Waals surface area (Å²) in [6.45, 7) is 5.92. The summed E-state index contributed by atoms with van der Waals surface area (Å²) in [5.41, 5.74) is -0.785. The third-order valence-corrected chi connectivity index (χ3v) is 5.78. The fraction of sp³-hybridized carbons (Fsp3) is 0.750. The quantitative estimate of drug-likeness (QED) is 0.847. The summed E-state index contributed by atoms with van der Waals surface area (Å²) in [5, 5.41) is 13.9. The van der Waals surface area contributed by atoms with Crippen LogP contribution >= 0.6 is 11.6 Å². The van der Waals surface area contributed by atoms with Crippen LogP contribution in [0.3, 0.4) is 0 Å². The lowest BCUT2D eigenvalue weighted by molar-refractivity contribution is 0.0262. The number of sulfonamides is 1. The maximum Gasteiger partial charge on any atom is 0.261 e. The molecule has 0 bridgehead atoms. The predicted octanol–water partition coefficient (Wildman–Crippen LogP) is 0.151. The summed E-state index contributed by atoms with van der Waals surface area (Å²) in [5.74, 6) is 0. The molecular formula is C12H21ClN4O3S. The number of aryl methyl sites for hydroxylation is 1. The van der Waals surface area contributed by atoms with Crippen LogP contribution in [0.25, 0.3) is 0 Å². The highest BCUT2D eigenvalue weighted by atomic mass is 35.5. The van der Waals surface area contributed by atoms with Crippen LogP contribution in [-0.2, 0) is 17.1 Å². The van der Waals surface area contributed by atoms with Gasteiger partial charge in [-0.1, -0.05) is 11.6 Å². The van der Waals surface area contributed by atoms with Crippen LogP contribution in [0.1, 0.15) is 13.8 Å². The maximum atomic E-state index is 12.6. The van der Waals surface area contributed by atoms with Crippen LogP contribution in [0.5, 0.6) is 0 Å². The second-order valence-electron chi connectivity index (χ2n) is 5.91. The Morgan fingerprint density at radius 3 is 2.33 bits per heavy atom. The smallest absolute Gasteiger partial charge is 0.261 e. The standard InChI is InChI=1S/C12H21ClN4O3S/c1-12(2,18)9-16-4-6-17(7-5-16)21(19,20)11-10(13)8-14-15(11)3/h8,18H,4-7,9H2,1-3H3. The lowest BCUT2D eigenvalue weighted by Gasteiger charge is -2.36. The average molecular weight is 337 g/mol. The van der Waals surface area contributed by atoms with Crippen molar-refractivity contribution in [3.05, 3.63) is 11.2 Å². The Bertz CT molecular complexity index is 581. The molecule has 1 aromatic rings. The minimum atomic E-state index is -3.63. The van der Waals surface area contributed by atoms with Gasteiger partial charge < -0.3 is 5.11 Å². The summed E-state index contributed by atoms with van der Waals surface area (Å²) in [7, 11) is -2.08. The monoisotopic (exact) mass is 336 g/mol. The van der Waals surface area contributed by atoms with Gasteiger partial charge in [-0.2, -0.15) is 9.40 Å². The molecule has 120 valence electrons. The number of aliphatic hydroxyl groups is 1. The molecule has 1 saturated heterocycles. The average Bonchev–Trinajstić information content (AvgIpc) is 2.68. The molecule has 7 nitrogen and oxygen atoms in total. The number of rotatable bonds is 4. The molecule has 2 rings (SSSR count). The normalized spacial score (nSPS) is 19.1. The molecule has 1 N–H and O–H groups in total. The molecule has 0 radical (unpaired) electrons. The van der Waals surface area contributed by atoms with E-state index in [0.29, 0.717) is 32.7 Å². The highest BCUT2D eigenvalue weighted by Gasteiger charge is 2.33. The van der Waals surface area contributed by atoms with Crippen molar-refractivity contribution in [3.63, 3.8) is 0 Å². The Morgan fingerprint density at radius 2 is 1.90 bits per heavy atom. The molecule has 0 unspecified atom stereocenters. The summed E-state index contributed by atoms with van der Waals surface area (Å²) in [4.78, 5) is 2.05. The van der Waals surface area contributed by atoms with Gasteiger partial charge in [0.2, 0.25) is 0 Å². The van der Waals surface area contributed by atoms with Crippen molar-refractivity contribution >= 4 is 21.6 Å². The minimum absolute atomic E-state index is 0.0279. The van der Waals surface area contributed by atoms with Gasteiger partial charge in [0, 0.05) is 39.8 Å². The first-order valence-corrected chi connectivity index (χ1v) is 8.55. The largest absolute Gasteiger partial charge is 0.389 e. The van der Waals surface area contributed by atoms with Crippen LogP contribution in [0, 0.1) is 0 Å². The fourth-order valence-corrected chi connectivity index (χ4v) is 4.51. The Hall–Kier alpha value is -0.670. The van der Waals surface area contributed by atoms with Crippen molar-refractivity contribution in [2.75, 3.05) is 32.7 Å². The molecular weight excluding hydrogens is 316 g/mol. The molecule has 0 aromatic carbocycles.